The third kappa shape index (κ3) is 4.76. The van der Waals surface area contributed by atoms with Crippen LogP contribution < -0.4 is 15.2 Å². The Kier molecular flexibility index (Phi) is 6.86. The Morgan fingerprint density at radius 3 is 2.70 bits per heavy atom. The first kappa shape index (κ1) is 26.2. The summed E-state index contributed by atoms with van der Waals surface area (Å²) in [7, 11) is 3.58. The maximum atomic E-state index is 11.9. The lowest BCUT2D eigenvalue weighted by molar-refractivity contribution is -0.132. The minimum absolute atomic E-state index is 0.0269. The number of anilines is 1. The third-order valence-electron chi connectivity index (χ3n) is 8.07. The molecule has 2 saturated heterocycles. The van der Waals surface area contributed by atoms with Crippen molar-refractivity contribution in [2.45, 2.75) is 37.5 Å². The lowest BCUT2D eigenvalue weighted by atomic mass is 9.91. The molecule has 2 aromatic heterocycles. The van der Waals surface area contributed by atoms with Gasteiger partial charge in [-0.15, -0.1) is 0 Å². The number of piperidine rings is 1. The number of rotatable bonds is 6. The predicted octanol–water partition coefficient (Wildman–Crippen LogP) is 2.20. The number of fused-ring (bicyclic) bond motifs is 1. The number of likely N-dealkylation sites (tertiary alicyclic amines) is 2. The van der Waals surface area contributed by atoms with Crippen LogP contribution in [0.15, 0.2) is 37.2 Å². The van der Waals surface area contributed by atoms with E-state index in [1.165, 1.54) is 12.4 Å². The minimum atomic E-state index is -0.584. The standard InChI is InChI=1S/C30H34N6O4/c1-4-26(38)35-12-11-21(23(37)16-35)36-14-18(15-36)5-9-22-27(28-29(31)32-17-33-30(28)34(22)2)19-6-10-24(25(13-19)39-3)40-20-7-8-20/h4,6,10,13,17-18,20-21,23,37H,1,7-8,11-12,14-16H2,2-3H3,(H2,31,32,33)/t21-,23?/m1/s1. The maximum absolute atomic E-state index is 11.9. The summed E-state index contributed by atoms with van der Waals surface area (Å²) in [4.78, 5) is 24.6. The molecule has 2 atom stereocenters. The highest BCUT2D eigenvalue weighted by molar-refractivity contribution is 6.03. The van der Waals surface area contributed by atoms with Crippen LogP contribution in [0.1, 0.15) is 25.0 Å². The quantitative estimate of drug-likeness (QED) is 0.360. The van der Waals surface area contributed by atoms with E-state index >= 15 is 0 Å². The first-order valence-electron chi connectivity index (χ1n) is 13.7. The Bertz CT molecular complexity index is 1530. The molecule has 1 aliphatic carbocycles. The van der Waals surface area contributed by atoms with Gasteiger partial charge in [0.05, 0.1) is 24.7 Å². The molecule has 2 aliphatic heterocycles. The van der Waals surface area contributed by atoms with Gasteiger partial charge >= 0.3 is 0 Å². The molecule has 3 aromatic rings. The average molecular weight is 543 g/mol. The number of nitrogens with zero attached hydrogens (tertiary/aromatic N) is 5. The molecular weight excluding hydrogens is 508 g/mol. The van der Waals surface area contributed by atoms with E-state index in [1.54, 1.807) is 12.0 Å². The number of ether oxygens (including phenoxy) is 2. The Morgan fingerprint density at radius 2 is 2.00 bits per heavy atom. The van der Waals surface area contributed by atoms with Crippen LogP contribution in [0.2, 0.25) is 0 Å². The van der Waals surface area contributed by atoms with Crippen molar-refractivity contribution >= 4 is 22.8 Å². The highest BCUT2D eigenvalue weighted by atomic mass is 16.5. The molecule has 4 heterocycles. The van der Waals surface area contributed by atoms with Crippen LogP contribution in [0.4, 0.5) is 5.82 Å². The van der Waals surface area contributed by atoms with E-state index in [9.17, 15) is 9.90 Å². The Balaban J connectivity index is 1.26. The van der Waals surface area contributed by atoms with E-state index in [4.69, 9.17) is 15.2 Å². The number of carbonyl (C=O) groups is 1. The number of amides is 1. The summed E-state index contributed by atoms with van der Waals surface area (Å²) in [5.74, 6) is 8.67. The Labute approximate surface area is 233 Å². The van der Waals surface area contributed by atoms with Crippen molar-refractivity contribution in [2.24, 2.45) is 13.0 Å². The number of benzene rings is 1. The molecule has 0 bridgehead atoms. The zero-order valence-corrected chi connectivity index (χ0v) is 22.8. The second-order valence-electron chi connectivity index (χ2n) is 10.8. The molecule has 6 rings (SSSR count). The summed E-state index contributed by atoms with van der Waals surface area (Å²) in [6.45, 7) is 6.04. The molecule has 40 heavy (non-hydrogen) atoms. The monoisotopic (exact) mass is 542 g/mol. The molecule has 3 aliphatic rings. The van der Waals surface area contributed by atoms with Crippen molar-refractivity contribution in [2.75, 3.05) is 39.0 Å². The summed E-state index contributed by atoms with van der Waals surface area (Å²) in [6, 6.07) is 5.92. The summed E-state index contributed by atoms with van der Waals surface area (Å²) in [5, 5.41) is 11.4. The maximum Gasteiger partial charge on any atom is 0.246 e. The SMILES string of the molecule is C=CC(=O)N1CC[C@@H](N2CC(C#Cc3c(-c4ccc(OC5CC5)c(OC)c4)c4c(N)ncnc4n3C)C2)C(O)C1. The number of nitrogens with two attached hydrogens (primary N) is 1. The number of β-amino-alcohol motifs (C(OH)–C–C–N with tert-alkyl or cyclic N) is 1. The summed E-state index contributed by atoms with van der Waals surface area (Å²) >= 11 is 0. The first-order valence-corrected chi connectivity index (χ1v) is 13.7. The average Bonchev–Trinajstić information content (AvgIpc) is 3.71. The molecule has 1 aromatic carbocycles. The zero-order valence-electron chi connectivity index (χ0n) is 22.8. The van der Waals surface area contributed by atoms with E-state index in [0.29, 0.717) is 30.3 Å². The van der Waals surface area contributed by atoms with Gasteiger partial charge in [0.15, 0.2) is 11.5 Å². The van der Waals surface area contributed by atoms with Crippen LogP contribution >= 0.6 is 0 Å². The van der Waals surface area contributed by atoms with E-state index in [0.717, 1.165) is 60.3 Å². The number of methoxy groups -OCH3 is 1. The van der Waals surface area contributed by atoms with Gasteiger partial charge in [0.25, 0.3) is 0 Å². The second kappa shape index (κ2) is 10.5. The van der Waals surface area contributed by atoms with Gasteiger partial charge in [-0.1, -0.05) is 18.6 Å². The number of aliphatic hydroxyl groups excluding tert-OH is 1. The van der Waals surface area contributed by atoms with Crippen molar-refractivity contribution < 1.29 is 19.4 Å². The Hall–Kier alpha value is -4.07. The molecule has 10 nitrogen and oxygen atoms in total. The van der Waals surface area contributed by atoms with Gasteiger partial charge in [0, 0.05) is 50.7 Å². The van der Waals surface area contributed by atoms with Crippen LogP contribution in [0, 0.1) is 17.8 Å². The van der Waals surface area contributed by atoms with Gasteiger partial charge in [-0.2, -0.15) is 0 Å². The molecule has 3 fully saturated rings. The number of hydrogen-bond acceptors (Lipinski definition) is 8. The molecule has 0 radical (unpaired) electrons. The van der Waals surface area contributed by atoms with Gasteiger partial charge in [0.2, 0.25) is 5.91 Å². The van der Waals surface area contributed by atoms with Crippen molar-refractivity contribution in [3.8, 4) is 34.5 Å². The van der Waals surface area contributed by atoms with E-state index in [1.807, 2.05) is 29.8 Å². The molecule has 0 spiro atoms. The fourth-order valence-electron chi connectivity index (χ4n) is 5.71. The van der Waals surface area contributed by atoms with Gasteiger partial charge in [-0.3, -0.25) is 9.69 Å². The van der Waals surface area contributed by atoms with E-state index in [-0.39, 0.29) is 24.0 Å². The molecule has 1 unspecified atom stereocenters. The number of aliphatic hydroxyl groups is 1. The van der Waals surface area contributed by atoms with Gasteiger partial charge in [0.1, 0.15) is 23.5 Å². The van der Waals surface area contributed by atoms with Crippen molar-refractivity contribution in [3.63, 3.8) is 0 Å². The number of hydrogen-bond donors (Lipinski definition) is 2. The summed E-state index contributed by atoms with van der Waals surface area (Å²) in [5.41, 5.74) is 9.64. The van der Waals surface area contributed by atoms with E-state index in [2.05, 4.69) is 33.3 Å². The Morgan fingerprint density at radius 1 is 1.20 bits per heavy atom. The third-order valence-corrected chi connectivity index (χ3v) is 8.07. The van der Waals surface area contributed by atoms with Crippen LogP contribution in [0.3, 0.4) is 0 Å². The fourth-order valence-corrected chi connectivity index (χ4v) is 5.71. The number of aryl methyl sites for hydroxylation is 1. The van der Waals surface area contributed by atoms with Crippen LogP contribution in [-0.4, -0.2) is 86.9 Å². The van der Waals surface area contributed by atoms with Gasteiger partial charge in [-0.05, 0) is 49.0 Å². The first-order chi connectivity index (χ1) is 19.4. The smallest absolute Gasteiger partial charge is 0.246 e. The van der Waals surface area contributed by atoms with Gasteiger partial charge in [-0.25, -0.2) is 9.97 Å². The molecule has 1 amide bonds. The molecule has 3 N–H and O–H groups in total. The van der Waals surface area contributed by atoms with Crippen molar-refractivity contribution in [3.05, 3.63) is 42.9 Å². The fraction of sp³-hybridized carbons (Fsp3) is 0.433. The lowest BCUT2D eigenvalue weighted by Crippen LogP contribution is -2.61. The number of carbonyl (C=O) groups excluding carboxylic acids is 1. The molecular formula is C30H34N6O4. The highest BCUT2D eigenvalue weighted by Gasteiger charge is 2.39. The molecule has 208 valence electrons. The number of nitrogen functional groups attached to an aromatic ring is 1. The summed E-state index contributed by atoms with van der Waals surface area (Å²) < 4.78 is 13.7. The number of aromatic nitrogens is 3. The van der Waals surface area contributed by atoms with Crippen LogP contribution in [0.5, 0.6) is 11.5 Å². The van der Waals surface area contributed by atoms with Crippen LogP contribution in [0.25, 0.3) is 22.2 Å². The topological polar surface area (TPSA) is 119 Å². The summed E-state index contributed by atoms with van der Waals surface area (Å²) in [6.07, 6.45) is 5.30. The zero-order chi connectivity index (χ0) is 28.0. The van der Waals surface area contributed by atoms with Crippen molar-refractivity contribution in [1.29, 1.82) is 0 Å². The largest absolute Gasteiger partial charge is 0.493 e. The minimum Gasteiger partial charge on any atom is -0.493 e. The normalized spacial score (nSPS) is 21.4. The molecule has 10 heteroatoms. The second-order valence-corrected chi connectivity index (χ2v) is 10.8. The van der Waals surface area contributed by atoms with E-state index < -0.39 is 6.10 Å². The van der Waals surface area contributed by atoms with Crippen molar-refractivity contribution in [1.82, 2.24) is 24.3 Å². The highest BCUT2D eigenvalue weighted by Crippen LogP contribution is 2.41. The lowest BCUT2D eigenvalue weighted by Gasteiger charge is -2.47. The molecule has 1 saturated carbocycles. The predicted molar refractivity (Wildman–Crippen MR) is 152 cm³/mol. The van der Waals surface area contributed by atoms with Gasteiger partial charge < -0.3 is 29.8 Å². The van der Waals surface area contributed by atoms with Crippen LogP contribution in [-0.2, 0) is 11.8 Å².